The molecule has 1 N–H and O–H groups in total. The fourth-order valence-corrected chi connectivity index (χ4v) is 3.91. The van der Waals surface area contributed by atoms with Gasteiger partial charge in [0.25, 0.3) is 15.9 Å². The van der Waals surface area contributed by atoms with Crippen LogP contribution >= 0.6 is 23.2 Å². The Labute approximate surface area is 159 Å². The van der Waals surface area contributed by atoms with Crippen LogP contribution in [0.3, 0.4) is 0 Å². The Morgan fingerprint density at radius 1 is 1.12 bits per heavy atom. The first kappa shape index (κ1) is 18.4. The van der Waals surface area contributed by atoms with Crippen molar-refractivity contribution in [1.29, 1.82) is 0 Å². The smallest absolute Gasteiger partial charge is 0.266 e. The molecule has 7 nitrogen and oxygen atoms in total. The summed E-state index contributed by atoms with van der Waals surface area (Å²) >= 11 is 12.0. The first-order valence-electron chi connectivity index (χ1n) is 7.29. The third kappa shape index (κ3) is 3.57. The minimum atomic E-state index is -4.14. The summed E-state index contributed by atoms with van der Waals surface area (Å²) in [6.45, 7) is 1.69. The van der Waals surface area contributed by atoms with Gasteiger partial charge in [-0.15, -0.1) is 0 Å². The zero-order chi connectivity index (χ0) is 18.9. The lowest BCUT2D eigenvalue weighted by Gasteiger charge is -2.07. The van der Waals surface area contributed by atoms with Crippen LogP contribution in [-0.2, 0) is 10.0 Å². The van der Waals surface area contributed by atoms with Crippen molar-refractivity contribution >= 4 is 39.1 Å². The van der Waals surface area contributed by atoms with E-state index >= 15 is 0 Å². The van der Waals surface area contributed by atoms with E-state index < -0.39 is 15.9 Å². The summed E-state index contributed by atoms with van der Waals surface area (Å²) in [6.07, 6.45) is 1.53. The summed E-state index contributed by atoms with van der Waals surface area (Å²) in [7, 11) is -4.14. The van der Waals surface area contributed by atoms with Gasteiger partial charge in [0.2, 0.25) is 0 Å². The number of aromatic nitrogens is 3. The molecule has 3 rings (SSSR count). The first-order valence-corrected chi connectivity index (χ1v) is 9.53. The zero-order valence-corrected chi connectivity index (χ0v) is 15.7. The number of aryl methyl sites for hydroxylation is 1. The summed E-state index contributed by atoms with van der Waals surface area (Å²) < 4.78 is 28.1. The van der Waals surface area contributed by atoms with Crippen LogP contribution in [0.2, 0.25) is 10.0 Å². The average molecular weight is 411 g/mol. The van der Waals surface area contributed by atoms with Gasteiger partial charge in [-0.05, 0) is 37.3 Å². The summed E-state index contributed by atoms with van der Waals surface area (Å²) in [5, 5.41) is 4.45. The normalized spacial score (nSPS) is 11.3. The third-order valence-corrected chi connectivity index (χ3v) is 5.54. The molecule has 0 atom stereocenters. The maximum atomic E-state index is 12.4. The van der Waals surface area contributed by atoms with Crippen LogP contribution in [0, 0.1) is 6.92 Å². The predicted octanol–water partition coefficient (Wildman–Crippen LogP) is 3.00. The van der Waals surface area contributed by atoms with Crippen LogP contribution in [0.15, 0.2) is 53.6 Å². The number of halogens is 2. The quantitative estimate of drug-likeness (QED) is 0.713. The molecule has 3 aromatic rings. The van der Waals surface area contributed by atoms with Crippen LogP contribution in [-0.4, -0.2) is 29.1 Å². The molecular formula is C16H12Cl2N4O3S. The Kier molecular flexibility index (Phi) is 4.99. The maximum absolute atomic E-state index is 12.4. The zero-order valence-electron chi connectivity index (χ0n) is 13.3. The molecule has 0 spiro atoms. The van der Waals surface area contributed by atoms with Crippen LogP contribution in [0.1, 0.15) is 16.2 Å². The monoisotopic (exact) mass is 410 g/mol. The van der Waals surface area contributed by atoms with Gasteiger partial charge in [0, 0.05) is 11.9 Å². The van der Waals surface area contributed by atoms with Gasteiger partial charge in [0.1, 0.15) is 4.90 Å². The number of pyridine rings is 1. The second-order valence-electron chi connectivity index (χ2n) is 5.26. The van der Waals surface area contributed by atoms with Gasteiger partial charge in [-0.25, -0.2) is 22.8 Å². The fourth-order valence-electron chi connectivity index (χ4n) is 2.23. The Morgan fingerprint density at radius 2 is 1.81 bits per heavy atom. The molecule has 1 aromatic carbocycles. The molecule has 0 aliphatic carbocycles. The fraction of sp³-hybridized carbons (Fsp3) is 0.0625. The van der Waals surface area contributed by atoms with Gasteiger partial charge in [0.15, 0.2) is 11.5 Å². The third-order valence-electron chi connectivity index (χ3n) is 3.41. The average Bonchev–Trinajstić information content (AvgIpc) is 2.97. The van der Waals surface area contributed by atoms with Crippen LogP contribution in [0.25, 0.3) is 5.82 Å². The molecule has 0 bridgehead atoms. The van der Waals surface area contributed by atoms with Crippen LogP contribution in [0.4, 0.5) is 0 Å². The molecule has 0 aliphatic rings. The SMILES string of the molecule is Cc1cc(C(=O)NS(=O)(=O)c2ccccc2Cl)nn1-c1ncccc1Cl. The minimum absolute atomic E-state index is 0.00905. The second kappa shape index (κ2) is 7.06. The highest BCUT2D eigenvalue weighted by atomic mass is 35.5. The minimum Gasteiger partial charge on any atom is -0.266 e. The lowest BCUT2D eigenvalue weighted by atomic mass is 10.3. The number of nitrogens with zero attached hydrogens (tertiary/aromatic N) is 3. The summed E-state index contributed by atoms with van der Waals surface area (Å²) in [6, 6.07) is 10.5. The standard InChI is InChI=1S/C16H12Cl2N4O3S/c1-10-9-13(20-22(10)15-12(18)6-4-8-19-15)16(23)21-26(24,25)14-7-3-2-5-11(14)17/h2-9H,1H3,(H,21,23). The molecule has 0 saturated heterocycles. The van der Waals surface area contributed by atoms with E-state index in [0.717, 1.165) is 0 Å². The molecule has 0 saturated carbocycles. The Balaban J connectivity index is 1.91. The number of sulfonamides is 1. The molecule has 134 valence electrons. The number of amides is 1. The van der Waals surface area contributed by atoms with Crippen LogP contribution in [0.5, 0.6) is 0 Å². The van der Waals surface area contributed by atoms with Crippen molar-refractivity contribution in [3.63, 3.8) is 0 Å². The number of carbonyl (C=O) groups excluding carboxylic acids is 1. The predicted molar refractivity (Wildman–Crippen MR) is 97.2 cm³/mol. The van der Waals surface area contributed by atoms with Crippen molar-refractivity contribution in [1.82, 2.24) is 19.5 Å². The van der Waals surface area contributed by atoms with Gasteiger partial charge in [-0.3, -0.25) is 4.79 Å². The number of nitrogens with one attached hydrogen (secondary N) is 1. The van der Waals surface area contributed by atoms with E-state index in [4.69, 9.17) is 23.2 Å². The maximum Gasteiger partial charge on any atom is 0.285 e. The molecule has 10 heteroatoms. The highest BCUT2D eigenvalue weighted by molar-refractivity contribution is 7.90. The van der Waals surface area contributed by atoms with E-state index in [9.17, 15) is 13.2 Å². The molecule has 0 fully saturated rings. The van der Waals surface area contributed by atoms with Gasteiger partial charge < -0.3 is 0 Å². The molecular weight excluding hydrogens is 399 g/mol. The summed E-state index contributed by atoms with van der Waals surface area (Å²) in [5.41, 5.74) is 0.464. The van der Waals surface area contributed by atoms with E-state index in [1.807, 2.05) is 4.72 Å². The van der Waals surface area contributed by atoms with Gasteiger partial charge in [-0.1, -0.05) is 35.3 Å². The number of rotatable bonds is 4. The van der Waals surface area contributed by atoms with Crippen molar-refractivity contribution in [3.8, 4) is 5.82 Å². The van der Waals surface area contributed by atoms with E-state index in [-0.39, 0.29) is 15.6 Å². The molecule has 2 heterocycles. The molecule has 0 unspecified atom stereocenters. The summed E-state index contributed by atoms with van der Waals surface area (Å²) in [4.78, 5) is 16.3. The Morgan fingerprint density at radius 3 is 2.50 bits per heavy atom. The number of hydrogen-bond donors (Lipinski definition) is 1. The topological polar surface area (TPSA) is 94.0 Å². The molecule has 2 aromatic heterocycles. The van der Waals surface area contributed by atoms with Crippen molar-refractivity contribution in [3.05, 3.63) is 70.1 Å². The molecule has 0 radical (unpaired) electrons. The Bertz CT molecular complexity index is 1100. The van der Waals surface area contributed by atoms with Crippen LogP contribution < -0.4 is 4.72 Å². The van der Waals surface area contributed by atoms with Crippen molar-refractivity contribution < 1.29 is 13.2 Å². The molecule has 26 heavy (non-hydrogen) atoms. The molecule has 1 amide bonds. The second-order valence-corrected chi connectivity index (χ2v) is 7.72. The van der Waals surface area contributed by atoms with Crippen molar-refractivity contribution in [2.75, 3.05) is 0 Å². The van der Waals surface area contributed by atoms with E-state index in [1.165, 1.54) is 35.1 Å². The largest absolute Gasteiger partial charge is 0.285 e. The Hall–Kier alpha value is -2.42. The number of benzene rings is 1. The van der Waals surface area contributed by atoms with Gasteiger partial charge >= 0.3 is 0 Å². The highest BCUT2D eigenvalue weighted by Crippen LogP contribution is 2.21. The van der Waals surface area contributed by atoms with E-state index in [0.29, 0.717) is 16.5 Å². The van der Waals surface area contributed by atoms with E-state index in [1.54, 1.807) is 25.1 Å². The lowest BCUT2D eigenvalue weighted by molar-refractivity contribution is 0.0976. The van der Waals surface area contributed by atoms with Crippen molar-refractivity contribution in [2.24, 2.45) is 0 Å². The molecule has 0 aliphatic heterocycles. The lowest BCUT2D eigenvalue weighted by Crippen LogP contribution is -2.31. The highest BCUT2D eigenvalue weighted by Gasteiger charge is 2.23. The number of hydrogen-bond acceptors (Lipinski definition) is 5. The van der Waals surface area contributed by atoms with E-state index in [2.05, 4.69) is 10.1 Å². The van der Waals surface area contributed by atoms with Crippen molar-refractivity contribution in [2.45, 2.75) is 11.8 Å². The van der Waals surface area contributed by atoms with Gasteiger partial charge in [0.05, 0.1) is 10.0 Å². The summed E-state index contributed by atoms with van der Waals surface area (Å²) in [5.74, 6) is -0.557. The number of carbonyl (C=O) groups is 1. The van der Waals surface area contributed by atoms with Gasteiger partial charge in [-0.2, -0.15) is 5.10 Å². The first-order chi connectivity index (χ1) is 12.3.